The molecule has 25 heavy (non-hydrogen) atoms. The van der Waals surface area contributed by atoms with Crippen LogP contribution in [0.1, 0.15) is 50.6 Å². The first-order chi connectivity index (χ1) is 12.0. The standard InChI is InChI=1S/C20H25NO4/c1-12-7-6-9-16(13(12)2)21-19(22)14(3)24-20(23)18-11-15-8-4-5-10-17(15)25-18/h4-5,8,10-14,16H,6-7,9H2,1-3H3,(H,21,22)/t12-,13+,14+,16-/m0/s1. The Labute approximate surface area is 147 Å². The molecule has 3 rings (SSSR count). The van der Waals surface area contributed by atoms with Crippen molar-refractivity contribution < 1.29 is 18.7 Å². The second-order valence-corrected chi connectivity index (χ2v) is 7.08. The van der Waals surface area contributed by atoms with Gasteiger partial charge in [0, 0.05) is 11.4 Å². The third-order valence-corrected chi connectivity index (χ3v) is 5.31. The molecule has 5 nitrogen and oxygen atoms in total. The van der Waals surface area contributed by atoms with E-state index in [4.69, 9.17) is 9.15 Å². The highest BCUT2D eigenvalue weighted by Gasteiger charge is 2.30. The van der Waals surface area contributed by atoms with Gasteiger partial charge >= 0.3 is 5.97 Å². The molecule has 0 radical (unpaired) electrons. The van der Waals surface area contributed by atoms with Gasteiger partial charge in [0.2, 0.25) is 5.76 Å². The molecule has 1 aromatic heterocycles. The molecule has 1 amide bonds. The van der Waals surface area contributed by atoms with Gasteiger partial charge in [-0.3, -0.25) is 4.79 Å². The second kappa shape index (κ2) is 7.30. The van der Waals surface area contributed by atoms with Gasteiger partial charge in [0.15, 0.2) is 6.10 Å². The van der Waals surface area contributed by atoms with E-state index < -0.39 is 12.1 Å². The lowest BCUT2D eigenvalue weighted by Gasteiger charge is -2.35. The van der Waals surface area contributed by atoms with Crippen LogP contribution in [0.2, 0.25) is 0 Å². The van der Waals surface area contributed by atoms with Gasteiger partial charge in [0.25, 0.3) is 5.91 Å². The minimum absolute atomic E-state index is 0.112. The third kappa shape index (κ3) is 3.86. The Bertz CT molecular complexity index is 733. The molecule has 1 aliphatic carbocycles. The summed E-state index contributed by atoms with van der Waals surface area (Å²) in [5.41, 5.74) is 0.622. The van der Waals surface area contributed by atoms with E-state index in [0.29, 0.717) is 17.4 Å². The molecule has 1 saturated carbocycles. The van der Waals surface area contributed by atoms with Crippen LogP contribution in [0.5, 0.6) is 0 Å². The Hall–Kier alpha value is -2.30. The summed E-state index contributed by atoms with van der Waals surface area (Å²) in [4.78, 5) is 24.6. The van der Waals surface area contributed by atoms with Crippen LogP contribution in [0.4, 0.5) is 0 Å². The maximum atomic E-state index is 12.4. The molecular formula is C20H25NO4. The molecule has 4 atom stereocenters. The number of fused-ring (bicyclic) bond motifs is 1. The van der Waals surface area contributed by atoms with E-state index in [9.17, 15) is 9.59 Å². The number of rotatable bonds is 4. The Kier molecular flexibility index (Phi) is 5.11. The lowest BCUT2D eigenvalue weighted by molar-refractivity contribution is -0.130. The van der Waals surface area contributed by atoms with Gasteiger partial charge in [-0.05, 0) is 37.3 Å². The monoisotopic (exact) mass is 343 g/mol. The number of para-hydroxylation sites is 1. The number of furan rings is 1. The number of nitrogens with one attached hydrogen (secondary N) is 1. The largest absolute Gasteiger partial charge is 0.449 e. The number of hydrogen-bond donors (Lipinski definition) is 1. The molecule has 0 unspecified atom stereocenters. The van der Waals surface area contributed by atoms with Crippen LogP contribution in [-0.2, 0) is 9.53 Å². The molecule has 1 aliphatic rings. The predicted molar refractivity (Wildman–Crippen MR) is 95.2 cm³/mol. The summed E-state index contributed by atoms with van der Waals surface area (Å²) in [5, 5.41) is 3.87. The number of esters is 1. The van der Waals surface area contributed by atoms with Crippen molar-refractivity contribution in [1.29, 1.82) is 0 Å². The fourth-order valence-corrected chi connectivity index (χ4v) is 3.44. The molecule has 0 aliphatic heterocycles. The van der Waals surface area contributed by atoms with Gasteiger partial charge in [-0.15, -0.1) is 0 Å². The number of carbonyl (C=O) groups is 2. The molecular weight excluding hydrogens is 318 g/mol. The molecule has 1 N–H and O–H groups in total. The van der Waals surface area contributed by atoms with Crippen LogP contribution < -0.4 is 5.32 Å². The number of hydrogen-bond acceptors (Lipinski definition) is 4. The summed E-state index contributed by atoms with van der Waals surface area (Å²) >= 11 is 0. The second-order valence-electron chi connectivity index (χ2n) is 7.08. The number of benzene rings is 1. The molecule has 1 aromatic carbocycles. The first-order valence-corrected chi connectivity index (χ1v) is 8.95. The molecule has 0 spiro atoms. The zero-order chi connectivity index (χ0) is 18.0. The summed E-state index contributed by atoms with van der Waals surface area (Å²) in [7, 11) is 0. The molecule has 2 aromatic rings. The maximum absolute atomic E-state index is 12.4. The molecule has 0 saturated heterocycles. The molecule has 1 heterocycles. The zero-order valence-electron chi connectivity index (χ0n) is 15.0. The van der Waals surface area contributed by atoms with Crippen LogP contribution in [0, 0.1) is 11.8 Å². The molecule has 5 heteroatoms. The van der Waals surface area contributed by atoms with Crippen molar-refractivity contribution in [2.24, 2.45) is 11.8 Å². The highest BCUT2D eigenvalue weighted by molar-refractivity contribution is 5.94. The fourth-order valence-electron chi connectivity index (χ4n) is 3.44. The molecule has 1 fully saturated rings. The number of ether oxygens (including phenoxy) is 1. The fraction of sp³-hybridized carbons (Fsp3) is 0.500. The van der Waals surface area contributed by atoms with E-state index in [1.165, 1.54) is 6.42 Å². The topological polar surface area (TPSA) is 68.5 Å². The van der Waals surface area contributed by atoms with E-state index in [2.05, 4.69) is 19.2 Å². The van der Waals surface area contributed by atoms with Crippen LogP contribution in [0.3, 0.4) is 0 Å². The number of amides is 1. The minimum Gasteiger partial charge on any atom is -0.449 e. The smallest absolute Gasteiger partial charge is 0.375 e. The average molecular weight is 343 g/mol. The van der Waals surface area contributed by atoms with Crippen LogP contribution in [-0.4, -0.2) is 24.0 Å². The van der Waals surface area contributed by atoms with Gasteiger partial charge in [-0.2, -0.15) is 0 Å². The normalized spacial score (nSPS) is 24.7. The molecule has 134 valence electrons. The quantitative estimate of drug-likeness (QED) is 0.854. The lowest BCUT2D eigenvalue weighted by atomic mass is 9.78. The maximum Gasteiger partial charge on any atom is 0.375 e. The molecule has 0 bridgehead atoms. The van der Waals surface area contributed by atoms with Crippen molar-refractivity contribution in [3.63, 3.8) is 0 Å². The summed E-state index contributed by atoms with van der Waals surface area (Å²) in [6.07, 6.45) is 2.43. The SMILES string of the molecule is C[C@H]1[C@@H](NC(=O)[C@@H](C)OC(=O)c2cc3ccccc3o2)CCC[C@@H]1C. The van der Waals surface area contributed by atoms with E-state index in [1.807, 2.05) is 18.2 Å². The minimum atomic E-state index is -0.856. The van der Waals surface area contributed by atoms with Crippen molar-refractivity contribution >= 4 is 22.8 Å². The Morgan fingerprint density at radius 1 is 1.24 bits per heavy atom. The summed E-state index contributed by atoms with van der Waals surface area (Å²) in [5.74, 6) is 0.253. The highest BCUT2D eigenvalue weighted by atomic mass is 16.6. The van der Waals surface area contributed by atoms with Crippen molar-refractivity contribution in [2.75, 3.05) is 0 Å². The van der Waals surface area contributed by atoms with Crippen LogP contribution in [0.15, 0.2) is 34.7 Å². The predicted octanol–water partition coefficient (Wildman–Crippen LogP) is 3.92. The zero-order valence-corrected chi connectivity index (χ0v) is 15.0. The van der Waals surface area contributed by atoms with Gasteiger partial charge in [-0.25, -0.2) is 4.79 Å². The van der Waals surface area contributed by atoms with Crippen LogP contribution in [0.25, 0.3) is 11.0 Å². The first-order valence-electron chi connectivity index (χ1n) is 8.95. The number of carbonyl (C=O) groups excluding carboxylic acids is 2. The van der Waals surface area contributed by atoms with Crippen molar-refractivity contribution in [3.05, 3.63) is 36.1 Å². The highest BCUT2D eigenvalue weighted by Crippen LogP contribution is 2.29. The van der Waals surface area contributed by atoms with E-state index >= 15 is 0 Å². The summed E-state index contributed by atoms with van der Waals surface area (Å²) in [6.45, 7) is 5.97. The summed E-state index contributed by atoms with van der Waals surface area (Å²) < 4.78 is 10.8. The van der Waals surface area contributed by atoms with E-state index in [-0.39, 0.29) is 17.7 Å². The van der Waals surface area contributed by atoms with Gasteiger partial charge < -0.3 is 14.5 Å². The Morgan fingerprint density at radius 2 is 2.00 bits per heavy atom. The lowest BCUT2D eigenvalue weighted by Crippen LogP contribution is -2.47. The average Bonchev–Trinajstić information content (AvgIpc) is 3.03. The van der Waals surface area contributed by atoms with Gasteiger partial charge in [0.1, 0.15) is 5.58 Å². The van der Waals surface area contributed by atoms with Crippen LogP contribution >= 0.6 is 0 Å². The third-order valence-electron chi connectivity index (χ3n) is 5.31. The van der Waals surface area contributed by atoms with Crippen molar-refractivity contribution in [2.45, 2.75) is 52.2 Å². The van der Waals surface area contributed by atoms with E-state index in [1.54, 1.807) is 19.1 Å². The van der Waals surface area contributed by atoms with E-state index in [0.717, 1.165) is 18.2 Å². The Morgan fingerprint density at radius 3 is 2.76 bits per heavy atom. The van der Waals surface area contributed by atoms with Gasteiger partial charge in [-0.1, -0.05) is 44.9 Å². The first kappa shape index (κ1) is 17.5. The van der Waals surface area contributed by atoms with Crippen molar-refractivity contribution in [3.8, 4) is 0 Å². The Balaban J connectivity index is 1.59. The summed E-state index contributed by atoms with van der Waals surface area (Å²) in [6, 6.07) is 9.13. The van der Waals surface area contributed by atoms with Gasteiger partial charge in [0.05, 0.1) is 0 Å². The van der Waals surface area contributed by atoms with Crippen molar-refractivity contribution in [1.82, 2.24) is 5.32 Å².